The molecule has 0 unspecified atom stereocenters. The molecule has 0 radical (unpaired) electrons. The van der Waals surface area contributed by atoms with Gasteiger partial charge in [0.2, 0.25) is 0 Å². The fourth-order valence-corrected chi connectivity index (χ4v) is 5.59. The average Bonchev–Trinajstić information content (AvgIpc) is 3.38. The molecule has 0 amide bonds. The zero-order chi connectivity index (χ0) is 22.6. The first-order valence-electron chi connectivity index (χ1n) is 10.8. The van der Waals surface area contributed by atoms with Gasteiger partial charge in [-0.2, -0.15) is 0 Å². The van der Waals surface area contributed by atoms with E-state index in [1.165, 1.54) is 0 Å². The summed E-state index contributed by atoms with van der Waals surface area (Å²) in [5, 5.41) is 20.1. The van der Waals surface area contributed by atoms with Crippen molar-refractivity contribution in [3.63, 3.8) is 0 Å². The number of hydrogen-bond donors (Lipinski definition) is 1. The van der Waals surface area contributed by atoms with Crippen molar-refractivity contribution in [2.75, 3.05) is 13.1 Å². The number of aromatic nitrogens is 3. The van der Waals surface area contributed by atoms with Crippen LogP contribution in [0.1, 0.15) is 42.2 Å². The number of hydrogen-bond acceptors (Lipinski definition) is 5. The van der Waals surface area contributed by atoms with Gasteiger partial charge in [0, 0.05) is 34.4 Å². The maximum atomic E-state index is 10.5. The highest BCUT2D eigenvalue weighted by atomic mass is 35.5. The van der Waals surface area contributed by atoms with Crippen molar-refractivity contribution < 1.29 is 9.84 Å². The minimum atomic E-state index is -0.684. The maximum Gasteiger partial charge on any atom is 0.140 e. The molecule has 5 rings (SSSR count). The van der Waals surface area contributed by atoms with E-state index in [0.29, 0.717) is 16.6 Å². The van der Waals surface area contributed by atoms with Gasteiger partial charge in [-0.05, 0) is 75.6 Å². The molecule has 3 atom stereocenters. The molecule has 6 nitrogen and oxygen atoms in total. The summed E-state index contributed by atoms with van der Waals surface area (Å²) in [7, 11) is 0. The number of rotatable bonds is 4. The third-order valence-electron chi connectivity index (χ3n) is 6.56. The summed E-state index contributed by atoms with van der Waals surface area (Å²) in [6, 6.07) is 11.8. The molecule has 1 aliphatic heterocycles. The second kappa shape index (κ2) is 8.03. The molecule has 168 valence electrons. The van der Waals surface area contributed by atoms with Gasteiger partial charge in [0.05, 0.1) is 11.6 Å². The second-order valence-corrected chi connectivity index (χ2v) is 9.95. The highest BCUT2D eigenvalue weighted by Gasteiger charge is 2.44. The summed E-state index contributed by atoms with van der Waals surface area (Å²) >= 11 is 12.9. The first-order valence-corrected chi connectivity index (χ1v) is 11.6. The van der Waals surface area contributed by atoms with Crippen LogP contribution >= 0.6 is 23.2 Å². The topological polar surface area (TPSA) is 63.4 Å². The molecule has 32 heavy (non-hydrogen) atoms. The lowest BCUT2D eigenvalue weighted by Crippen LogP contribution is -2.40. The first kappa shape index (κ1) is 21.7. The highest BCUT2D eigenvalue weighted by molar-refractivity contribution is 6.35. The van der Waals surface area contributed by atoms with Gasteiger partial charge in [-0.25, -0.2) is 0 Å². The molecule has 8 heteroatoms. The molecule has 0 bridgehead atoms. The van der Waals surface area contributed by atoms with E-state index < -0.39 is 5.60 Å². The Morgan fingerprint density at radius 3 is 2.41 bits per heavy atom. The number of halogens is 2. The lowest BCUT2D eigenvalue weighted by molar-refractivity contribution is 0.0429. The molecule has 1 fully saturated rings. The van der Waals surface area contributed by atoms with Crippen LogP contribution in [-0.2, 0) is 6.42 Å². The molecule has 1 N–H and O–H groups in total. The van der Waals surface area contributed by atoms with Crippen molar-refractivity contribution in [2.45, 2.75) is 51.4 Å². The molecule has 0 saturated carbocycles. The van der Waals surface area contributed by atoms with Crippen LogP contribution in [0.5, 0.6) is 5.75 Å². The van der Waals surface area contributed by atoms with Crippen molar-refractivity contribution in [2.24, 2.45) is 0 Å². The summed E-state index contributed by atoms with van der Waals surface area (Å²) in [4.78, 5) is 2.31. The zero-order valence-electron chi connectivity index (χ0n) is 18.3. The summed E-state index contributed by atoms with van der Waals surface area (Å²) in [6.07, 6.45) is 1.29. The van der Waals surface area contributed by atoms with Crippen LogP contribution in [0.25, 0.3) is 5.69 Å². The Morgan fingerprint density at radius 2 is 1.78 bits per heavy atom. The fraction of sp³-hybridized carbons (Fsp3) is 0.417. The molecule has 1 aliphatic carbocycles. The molecule has 0 spiro atoms. The lowest BCUT2D eigenvalue weighted by Gasteiger charge is -2.31. The third kappa shape index (κ3) is 3.90. The monoisotopic (exact) mass is 472 g/mol. The van der Waals surface area contributed by atoms with E-state index in [9.17, 15) is 5.11 Å². The van der Waals surface area contributed by atoms with E-state index in [1.54, 1.807) is 6.07 Å². The number of benzene rings is 2. The Morgan fingerprint density at radius 1 is 1.09 bits per heavy atom. The van der Waals surface area contributed by atoms with E-state index in [4.69, 9.17) is 27.9 Å². The van der Waals surface area contributed by atoms with Gasteiger partial charge in [-0.1, -0.05) is 23.2 Å². The van der Waals surface area contributed by atoms with Crippen LogP contribution in [0, 0.1) is 13.8 Å². The SMILES string of the molecule is Cc1nnc(C)n1-c1ccc(O[C@@H]2c3cc(Cl)cc(Cl)c3C[C@@H]2N2CC[C@@](C)(O)C2)cc1. The number of fused-ring (bicyclic) bond motifs is 1. The molecule has 2 aromatic carbocycles. The quantitative estimate of drug-likeness (QED) is 0.596. The minimum Gasteiger partial charge on any atom is -0.484 e. The molecule has 1 saturated heterocycles. The van der Waals surface area contributed by atoms with Gasteiger partial charge in [0.15, 0.2) is 0 Å². The minimum absolute atomic E-state index is 0.0805. The standard InChI is InChI=1S/C24H26Cl2N4O2/c1-14-27-28-15(2)30(14)17-4-6-18(7-5-17)32-23-20-10-16(25)11-21(26)19(20)12-22(23)29-9-8-24(3,31)13-29/h4-7,10-11,22-23,31H,8-9,12-13H2,1-3H3/t22-,23+,24+/m0/s1. The van der Waals surface area contributed by atoms with Crippen LogP contribution < -0.4 is 4.74 Å². The van der Waals surface area contributed by atoms with Gasteiger partial charge in [-0.3, -0.25) is 9.47 Å². The third-order valence-corrected chi connectivity index (χ3v) is 7.11. The summed E-state index contributed by atoms with van der Waals surface area (Å²) in [5.41, 5.74) is 2.40. The van der Waals surface area contributed by atoms with Crippen LogP contribution in [0.2, 0.25) is 10.0 Å². The number of aliphatic hydroxyl groups is 1. The smallest absolute Gasteiger partial charge is 0.140 e. The van der Waals surface area contributed by atoms with Gasteiger partial charge in [-0.15, -0.1) is 10.2 Å². The number of nitrogens with zero attached hydrogens (tertiary/aromatic N) is 4. The largest absolute Gasteiger partial charge is 0.484 e. The Bertz CT molecular complexity index is 1140. The number of ether oxygens (including phenoxy) is 1. The van der Waals surface area contributed by atoms with Crippen molar-refractivity contribution >= 4 is 23.2 Å². The van der Waals surface area contributed by atoms with E-state index >= 15 is 0 Å². The zero-order valence-corrected chi connectivity index (χ0v) is 19.9. The predicted molar refractivity (Wildman–Crippen MR) is 125 cm³/mol. The van der Waals surface area contributed by atoms with Gasteiger partial charge in [0.1, 0.15) is 23.5 Å². The Kier molecular flexibility index (Phi) is 5.45. The number of aryl methyl sites for hydroxylation is 2. The summed E-state index contributed by atoms with van der Waals surface area (Å²) in [6.45, 7) is 7.19. The molecule has 2 heterocycles. The molecule has 2 aliphatic rings. The Balaban J connectivity index is 1.46. The van der Waals surface area contributed by atoms with Crippen LogP contribution in [0.15, 0.2) is 36.4 Å². The lowest BCUT2D eigenvalue weighted by atomic mass is 10.1. The molecular formula is C24H26Cl2N4O2. The second-order valence-electron chi connectivity index (χ2n) is 9.11. The van der Waals surface area contributed by atoms with E-state index in [0.717, 1.165) is 53.6 Å². The van der Waals surface area contributed by atoms with E-state index in [2.05, 4.69) is 15.1 Å². The Hall–Kier alpha value is -2.12. The van der Waals surface area contributed by atoms with Crippen molar-refractivity contribution in [3.8, 4) is 11.4 Å². The van der Waals surface area contributed by atoms with Crippen LogP contribution in [0.4, 0.5) is 0 Å². The van der Waals surface area contributed by atoms with Crippen LogP contribution in [0.3, 0.4) is 0 Å². The number of β-amino-alcohol motifs (C(OH)–C–C–N with tert-alkyl or cyclic N) is 1. The molecular weight excluding hydrogens is 447 g/mol. The number of likely N-dealkylation sites (tertiary alicyclic amines) is 1. The summed E-state index contributed by atoms with van der Waals surface area (Å²) in [5.74, 6) is 2.44. The van der Waals surface area contributed by atoms with Gasteiger partial charge < -0.3 is 9.84 Å². The molecule has 1 aromatic heterocycles. The highest BCUT2D eigenvalue weighted by Crippen LogP contribution is 2.44. The van der Waals surface area contributed by atoms with Crippen molar-refractivity contribution in [1.29, 1.82) is 0 Å². The summed E-state index contributed by atoms with van der Waals surface area (Å²) < 4.78 is 8.56. The molecule has 3 aromatic rings. The van der Waals surface area contributed by atoms with E-state index in [-0.39, 0.29) is 12.1 Å². The van der Waals surface area contributed by atoms with Crippen LogP contribution in [-0.4, -0.2) is 49.5 Å². The van der Waals surface area contributed by atoms with E-state index in [1.807, 2.05) is 55.7 Å². The normalized spacial score (nSPS) is 25.3. The maximum absolute atomic E-state index is 10.5. The van der Waals surface area contributed by atoms with Gasteiger partial charge >= 0.3 is 0 Å². The fourth-order valence-electron chi connectivity index (χ4n) is 5.00. The van der Waals surface area contributed by atoms with Gasteiger partial charge in [0.25, 0.3) is 0 Å². The van der Waals surface area contributed by atoms with Crippen molar-refractivity contribution in [3.05, 3.63) is 69.2 Å². The van der Waals surface area contributed by atoms with Crippen molar-refractivity contribution in [1.82, 2.24) is 19.7 Å². The Labute approximate surface area is 197 Å². The first-order chi connectivity index (χ1) is 15.2. The average molecular weight is 473 g/mol. The predicted octanol–water partition coefficient (Wildman–Crippen LogP) is 4.69.